The van der Waals surface area contributed by atoms with Gasteiger partial charge in [-0.2, -0.15) is 5.10 Å². The summed E-state index contributed by atoms with van der Waals surface area (Å²) in [4.78, 5) is 9.09. The van der Waals surface area contributed by atoms with Crippen LogP contribution in [0.5, 0.6) is 0 Å². The van der Waals surface area contributed by atoms with Gasteiger partial charge in [0, 0.05) is 13.2 Å². The zero-order valence-corrected chi connectivity index (χ0v) is 8.40. The van der Waals surface area contributed by atoms with Crippen LogP contribution in [-0.4, -0.2) is 19.7 Å². The Kier molecular flexibility index (Phi) is 2.36. The van der Waals surface area contributed by atoms with Crippen LogP contribution in [-0.2, 0) is 7.05 Å². The normalized spacial score (nSPS) is 10.4. The van der Waals surface area contributed by atoms with E-state index >= 15 is 0 Å². The molecular weight excluding hydrogens is 198 g/mol. The third-order valence-electron chi connectivity index (χ3n) is 1.53. The summed E-state index contributed by atoms with van der Waals surface area (Å²) >= 11 is 1.49. The van der Waals surface area contributed by atoms with Crippen molar-refractivity contribution >= 4 is 17.6 Å². The van der Waals surface area contributed by atoms with Crippen LogP contribution < -0.4 is 5.73 Å². The van der Waals surface area contributed by atoms with E-state index in [1.54, 1.807) is 17.1 Å². The van der Waals surface area contributed by atoms with Crippen molar-refractivity contribution in [3.8, 4) is 0 Å². The predicted molar refractivity (Wildman–Crippen MR) is 53.8 cm³/mol. The molecule has 0 aromatic carbocycles. The summed E-state index contributed by atoms with van der Waals surface area (Å²) in [6.45, 7) is 0. The minimum atomic E-state index is 0.430. The fourth-order valence-electron chi connectivity index (χ4n) is 0.984. The highest BCUT2D eigenvalue weighted by molar-refractivity contribution is 7.99. The highest BCUT2D eigenvalue weighted by atomic mass is 32.2. The topological polar surface area (TPSA) is 69.6 Å². The molecular formula is C8H9N5S. The first-order valence-electron chi connectivity index (χ1n) is 3.98. The first-order valence-corrected chi connectivity index (χ1v) is 4.80. The van der Waals surface area contributed by atoms with Gasteiger partial charge in [-0.3, -0.25) is 9.67 Å². The third-order valence-corrected chi connectivity index (χ3v) is 2.39. The van der Waals surface area contributed by atoms with Gasteiger partial charge in [-0.1, -0.05) is 11.8 Å². The molecule has 5 nitrogen and oxygen atoms in total. The zero-order valence-electron chi connectivity index (χ0n) is 7.58. The van der Waals surface area contributed by atoms with E-state index in [0.29, 0.717) is 5.82 Å². The minimum absolute atomic E-state index is 0.430. The van der Waals surface area contributed by atoms with E-state index in [4.69, 9.17) is 5.73 Å². The zero-order chi connectivity index (χ0) is 9.97. The molecule has 2 rings (SSSR count). The fourth-order valence-corrected chi connectivity index (χ4v) is 1.79. The molecule has 0 aliphatic heterocycles. The second kappa shape index (κ2) is 3.67. The van der Waals surface area contributed by atoms with Gasteiger partial charge in [0.25, 0.3) is 0 Å². The Labute approximate surface area is 85.4 Å². The van der Waals surface area contributed by atoms with E-state index in [9.17, 15) is 0 Å². The second-order valence-corrected chi connectivity index (χ2v) is 3.83. The monoisotopic (exact) mass is 207 g/mol. The summed E-state index contributed by atoms with van der Waals surface area (Å²) in [5.41, 5.74) is 5.51. The Hall–Kier alpha value is -1.56. The Balaban J connectivity index is 2.18. The third kappa shape index (κ3) is 2.02. The number of aryl methyl sites for hydroxylation is 1. The maximum absolute atomic E-state index is 5.51. The number of nitrogens with zero attached hydrogens (tertiary/aromatic N) is 4. The summed E-state index contributed by atoms with van der Waals surface area (Å²) in [6.07, 6.45) is 6.88. The lowest BCUT2D eigenvalue weighted by Gasteiger charge is -1.96. The maximum atomic E-state index is 5.51. The summed E-state index contributed by atoms with van der Waals surface area (Å²) < 4.78 is 1.74. The van der Waals surface area contributed by atoms with E-state index in [1.165, 1.54) is 18.0 Å². The molecule has 0 atom stereocenters. The van der Waals surface area contributed by atoms with Crippen LogP contribution in [0.25, 0.3) is 0 Å². The molecule has 0 amide bonds. The molecule has 2 aromatic rings. The van der Waals surface area contributed by atoms with Crippen LogP contribution in [0.1, 0.15) is 0 Å². The van der Waals surface area contributed by atoms with Crippen LogP contribution in [0.15, 0.2) is 34.7 Å². The molecule has 0 spiro atoms. The summed E-state index contributed by atoms with van der Waals surface area (Å²) in [6, 6.07) is 0. The lowest BCUT2D eigenvalue weighted by molar-refractivity contribution is 0.766. The van der Waals surface area contributed by atoms with Gasteiger partial charge in [-0.25, -0.2) is 4.98 Å². The molecule has 0 saturated carbocycles. The summed E-state index contributed by atoms with van der Waals surface area (Å²) in [5.74, 6) is 0.430. The lowest BCUT2D eigenvalue weighted by Crippen LogP contribution is -1.91. The number of nitrogens with two attached hydrogens (primary N) is 1. The van der Waals surface area contributed by atoms with Crippen molar-refractivity contribution in [2.24, 2.45) is 7.05 Å². The highest BCUT2D eigenvalue weighted by Gasteiger charge is 2.01. The number of rotatable bonds is 2. The standard InChI is InChI=1S/C8H9N5S/c1-13-5-6(2-11-13)14-8-4-10-3-7(9)12-8/h2-5H,1H3,(H2,9,12). The van der Waals surface area contributed by atoms with Crippen molar-refractivity contribution in [1.29, 1.82) is 0 Å². The number of aromatic nitrogens is 4. The minimum Gasteiger partial charge on any atom is -0.382 e. The van der Waals surface area contributed by atoms with Crippen molar-refractivity contribution in [3.05, 3.63) is 24.8 Å². The Morgan fingerprint density at radius 3 is 2.86 bits per heavy atom. The van der Waals surface area contributed by atoms with Crippen molar-refractivity contribution < 1.29 is 0 Å². The van der Waals surface area contributed by atoms with Crippen LogP contribution in [0.2, 0.25) is 0 Å². The van der Waals surface area contributed by atoms with Crippen LogP contribution >= 0.6 is 11.8 Å². The Morgan fingerprint density at radius 2 is 2.21 bits per heavy atom. The molecule has 2 heterocycles. The van der Waals surface area contributed by atoms with Crippen molar-refractivity contribution in [2.45, 2.75) is 9.92 Å². The first kappa shape index (κ1) is 9.01. The number of nitrogen functional groups attached to an aromatic ring is 1. The van der Waals surface area contributed by atoms with Gasteiger partial charge in [-0.15, -0.1) is 0 Å². The van der Waals surface area contributed by atoms with Gasteiger partial charge < -0.3 is 5.73 Å². The largest absolute Gasteiger partial charge is 0.382 e. The Morgan fingerprint density at radius 1 is 1.36 bits per heavy atom. The molecule has 0 radical (unpaired) electrons. The fraction of sp³-hybridized carbons (Fsp3) is 0.125. The Bertz CT molecular complexity index is 439. The second-order valence-electron chi connectivity index (χ2n) is 2.73. The highest BCUT2D eigenvalue weighted by Crippen LogP contribution is 2.24. The molecule has 14 heavy (non-hydrogen) atoms. The molecule has 72 valence electrons. The van der Waals surface area contributed by atoms with E-state index in [1.807, 2.05) is 13.2 Å². The molecule has 0 saturated heterocycles. The average Bonchev–Trinajstić information content (AvgIpc) is 2.51. The van der Waals surface area contributed by atoms with Crippen molar-refractivity contribution in [3.63, 3.8) is 0 Å². The molecule has 6 heteroatoms. The smallest absolute Gasteiger partial charge is 0.143 e. The van der Waals surface area contributed by atoms with Crippen molar-refractivity contribution in [2.75, 3.05) is 5.73 Å². The van der Waals surface area contributed by atoms with E-state index in [-0.39, 0.29) is 0 Å². The molecule has 0 bridgehead atoms. The molecule has 2 aromatic heterocycles. The van der Waals surface area contributed by atoms with Gasteiger partial charge in [0.15, 0.2) is 0 Å². The van der Waals surface area contributed by atoms with Gasteiger partial charge in [-0.05, 0) is 0 Å². The van der Waals surface area contributed by atoms with Crippen LogP contribution in [0.4, 0.5) is 5.82 Å². The predicted octanol–water partition coefficient (Wildman–Crippen LogP) is 0.943. The van der Waals surface area contributed by atoms with Gasteiger partial charge >= 0.3 is 0 Å². The number of hydrogen-bond acceptors (Lipinski definition) is 5. The summed E-state index contributed by atoms with van der Waals surface area (Å²) in [5, 5.41) is 4.83. The molecule has 0 aliphatic rings. The van der Waals surface area contributed by atoms with Gasteiger partial charge in [0.2, 0.25) is 0 Å². The van der Waals surface area contributed by atoms with Crippen LogP contribution in [0, 0.1) is 0 Å². The van der Waals surface area contributed by atoms with E-state index < -0.39 is 0 Å². The average molecular weight is 207 g/mol. The molecule has 0 aliphatic carbocycles. The van der Waals surface area contributed by atoms with Crippen molar-refractivity contribution in [1.82, 2.24) is 19.7 Å². The maximum Gasteiger partial charge on any atom is 0.143 e. The number of anilines is 1. The quantitative estimate of drug-likeness (QED) is 0.793. The van der Waals surface area contributed by atoms with E-state index in [0.717, 1.165) is 9.92 Å². The number of hydrogen-bond donors (Lipinski definition) is 1. The van der Waals surface area contributed by atoms with E-state index in [2.05, 4.69) is 15.1 Å². The van der Waals surface area contributed by atoms with Gasteiger partial charge in [0.05, 0.1) is 23.5 Å². The molecule has 0 fully saturated rings. The molecule has 2 N–H and O–H groups in total. The summed E-state index contributed by atoms with van der Waals surface area (Å²) in [7, 11) is 1.87. The SMILES string of the molecule is Cn1cc(Sc2cncc(N)n2)cn1. The first-order chi connectivity index (χ1) is 6.74. The lowest BCUT2D eigenvalue weighted by atomic mass is 10.7. The van der Waals surface area contributed by atoms with Crippen LogP contribution in [0.3, 0.4) is 0 Å². The molecule has 0 unspecified atom stereocenters. The van der Waals surface area contributed by atoms with Gasteiger partial charge in [0.1, 0.15) is 10.8 Å².